The van der Waals surface area contributed by atoms with Crippen molar-refractivity contribution in [2.75, 3.05) is 17.2 Å². The van der Waals surface area contributed by atoms with Gasteiger partial charge in [0.05, 0.1) is 10.2 Å². The van der Waals surface area contributed by atoms with Gasteiger partial charge < -0.3 is 15.4 Å². The highest BCUT2D eigenvalue weighted by Gasteiger charge is 2.09. The Morgan fingerprint density at radius 3 is 2.50 bits per heavy atom. The third kappa shape index (κ3) is 5.07. The number of hydrogen-bond donors (Lipinski definition) is 2. The quantitative estimate of drug-likeness (QED) is 0.601. The number of thiazole rings is 1. The van der Waals surface area contributed by atoms with Crippen molar-refractivity contribution in [3.05, 3.63) is 48.0 Å². The van der Waals surface area contributed by atoms with Gasteiger partial charge in [0.1, 0.15) is 5.75 Å². The van der Waals surface area contributed by atoms with Crippen molar-refractivity contribution in [2.24, 2.45) is 0 Å². The van der Waals surface area contributed by atoms with Crippen LogP contribution in [0, 0.1) is 0 Å². The molecule has 2 aromatic carbocycles. The first-order valence-corrected chi connectivity index (χ1v) is 9.99. The predicted molar refractivity (Wildman–Crippen MR) is 113 cm³/mol. The van der Waals surface area contributed by atoms with Crippen LogP contribution in [0.4, 0.5) is 10.8 Å². The average Bonchev–Trinajstić information content (AvgIpc) is 3.08. The number of amides is 2. The zero-order chi connectivity index (χ0) is 20.1. The van der Waals surface area contributed by atoms with E-state index in [1.807, 2.05) is 36.4 Å². The average molecular weight is 398 g/mol. The van der Waals surface area contributed by atoms with Crippen LogP contribution in [0.2, 0.25) is 0 Å². The van der Waals surface area contributed by atoms with Crippen LogP contribution < -0.4 is 15.4 Å². The summed E-state index contributed by atoms with van der Waals surface area (Å²) in [6.45, 7) is 5.98. The standard InChI is InChI=1S/C21H23N3O3S/c1-4-19(25)24-21-23-17-10-7-15(11-18(17)28-21)22-20(26)12-27-16-8-5-14(6-9-16)13(2)3/h5-11,13H,4,12H2,1-3H3,(H,22,26)(H,23,24,25). The SMILES string of the molecule is CCC(=O)Nc1nc2ccc(NC(=O)COc3ccc(C(C)C)cc3)cc2s1. The van der Waals surface area contributed by atoms with Gasteiger partial charge in [-0.25, -0.2) is 4.98 Å². The van der Waals surface area contributed by atoms with Gasteiger partial charge in [-0.05, 0) is 41.8 Å². The largest absolute Gasteiger partial charge is 0.484 e. The van der Waals surface area contributed by atoms with Crippen LogP contribution in [0.5, 0.6) is 5.75 Å². The molecule has 0 aliphatic heterocycles. The van der Waals surface area contributed by atoms with Crippen molar-refractivity contribution >= 4 is 44.2 Å². The Morgan fingerprint density at radius 1 is 1.07 bits per heavy atom. The molecule has 3 rings (SSSR count). The van der Waals surface area contributed by atoms with E-state index in [4.69, 9.17) is 4.74 Å². The fourth-order valence-corrected chi connectivity index (χ4v) is 3.48. The molecule has 6 nitrogen and oxygen atoms in total. The summed E-state index contributed by atoms with van der Waals surface area (Å²) >= 11 is 1.37. The van der Waals surface area contributed by atoms with Crippen molar-refractivity contribution in [3.8, 4) is 5.75 Å². The number of benzene rings is 2. The molecule has 3 aromatic rings. The fraction of sp³-hybridized carbons (Fsp3) is 0.286. The number of carbonyl (C=O) groups is 2. The lowest BCUT2D eigenvalue weighted by atomic mass is 10.0. The topological polar surface area (TPSA) is 80.3 Å². The number of anilines is 2. The third-order valence-electron chi connectivity index (χ3n) is 4.16. The monoisotopic (exact) mass is 397 g/mol. The van der Waals surface area contributed by atoms with Crippen LogP contribution in [-0.2, 0) is 9.59 Å². The summed E-state index contributed by atoms with van der Waals surface area (Å²) in [6, 6.07) is 13.2. The number of ether oxygens (including phenoxy) is 1. The Morgan fingerprint density at radius 2 is 1.82 bits per heavy atom. The second kappa shape index (κ2) is 8.84. The highest BCUT2D eigenvalue weighted by atomic mass is 32.1. The molecule has 0 aliphatic rings. The minimum Gasteiger partial charge on any atom is -0.484 e. The van der Waals surface area contributed by atoms with Gasteiger partial charge in [0.15, 0.2) is 11.7 Å². The number of nitrogens with zero attached hydrogens (tertiary/aromatic N) is 1. The van der Waals surface area contributed by atoms with Crippen molar-refractivity contribution in [1.82, 2.24) is 4.98 Å². The summed E-state index contributed by atoms with van der Waals surface area (Å²) in [5.74, 6) is 0.797. The summed E-state index contributed by atoms with van der Waals surface area (Å²) < 4.78 is 6.44. The summed E-state index contributed by atoms with van der Waals surface area (Å²) in [5, 5.41) is 6.13. The third-order valence-corrected chi connectivity index (χ3v) is 5.09. The van der Waals surface area contributed by atoms with E-state index < -0.39 is 0 Å². The lowest BCUT2D eigenvalue weighted by Gasteiger charge is -2.09. The van der Waals surface area contributed by atoms with Gasteiger partial charge in [-0.2, -0.15) is 0 Å². The van der Waals surface area contributed by atoms with Crippen molar-refractivity contribution < 1.29 is 14.3 Å². The maximum Gasteiger partial charge on any atom is 0.262 e. The number of fused-ring (bicyclic) bond motifs is 1. The predicted octanol–water partition coefficient (Wildman–Crippen LogP) is 4.79. The Bertz CT molecular complexity index is 980. The zero-order valence-electron chi connectivity index (χ0n) is 16.1. The summed E-state index contributed by atoms with van der Waals surface area (Å²) in [5.41, 5.74) is 2.66. The molecular weight excluding hydrogens is 374 g/mol. The summed E-state index contributed by atoms with van der Waals surface area (Å²) in [6.07, 6.45) is 0.400. The van der Waals surface area contributed by atoms with Gasteiger partial charge in [-0.15, -0.1) is 0 Å². The van der Waals surface area contributed by atoms with Crippen LogP contribution in [0.3, 0.4) is 0 Å². The van der Waals surface area contributed by atoms with E-state index in [0.29, 0.717) is 28.9 Å². The van der Waals surface area contributed by atoms with Crippen molar-refractivity contribution in [1.29, 1.82) is 0 Å². The number of hydrogen-bond acceptors (Lipinski definition) is 5. The molecule has 0 aliphatic carbocycles. The first-order chi connectivity index (χ1) is 13.4. The fourth-order valence-electron chi connectivity index (χ4n) is 2.56. The van der Waals surface area contributed by atoms with Crippen LogP contribution >= 0.6 is 11.3 Å². The van der Waals surface area contributed by atoms with Crippen LogP contribution in [0.15, 0.2) is 42.5 Å². The molecule has 0 atom stereocenters. The first-order valence-electron chi connectivity index (χ1n) is 9.17. The number of rotatable bonds is 7. The Labute approximate surface area is 167 Å². The van der Waals surface area contributed by atoms with E-state index in [-0.39, 0.29) is 18.4 Å². The van der Waals surface area contributed by atoms with E-state index in [0.717, 1.165) is 10.2 Å². The van der Waals surface area contributed by atoms with Gasteiger partial charge in [0, 0.05) is 12.1 Å². The Balaban J connectivity index is 1.58. The molecule has 0 bridgehead atoms. The van der Waals surface area contributed by atoms with E-state index >= 15 is 0 Å². The molecule has 0 spiro atoms. The van der Waals surface area contributed by atoms with Gasteiger partial charge in [-0.1, -0.05) is 44.2 Å². The van der Waals surface area contributed by atoms with Crippen molar-refractivity contribution in [2.45, 2.75) is 33.1 Å². The van der Waals surface area contributed by atoms with Gasteiger partial charge in [0.2, 0.25) is 5.91 Å². The molecule has 7 heteroatoms. The minimum atomic E-state index is -0.240. The second-order valence-corrected chi connectivity index (χ2v) is 7.69. The normalized spacial score (nSPS) is 10.9. The molecule has 0 saturated carbocycles. The molecule has 0 fully saturated rings. The van der Waals surface area contributed by atoms with E-state index in [1.54, 1.807) is 13.0 Å². The molecule has 146 valence electrons. The van der Waals surface area contributed by atoms with Crippen LogP contribution in [-0.4, -0.2) is 23.4 Å². The Kier molecular flexibility index (Phi) is 6.26. The molecule has 1 aromatic heterocycles. The molecule has 0 radical (unpaired) electrons. The first kappa shape index (κ1) is 19.8. The number of nitrogens with one attached hydrogen (secondary N) is 2. The molecule has 2 amide bonds. The van der Waals surface area contributed by atoms with Crippen LogP contribution in [0.25, 0.3) is 10.2 Å². The maximum absolute atomic E-state index is 12.2. The number of carbonyl (C=O) groups excluding carboxylic acids is 2. The highest BCUT2D eigenvalue weighted by molar-refractivity contribution is 7.22. The van der Waals surface area contributed by atoms with Gasteiger partial charge in [0.25, 0.3) is 5.91 Å². The molecule has 0 unspecified atom stereocenters. The summed E-state index contributed by atoms with van der Waals surface area (Å²) in [4.78, 5) is 28.0. The maximum atomic E-state index is 12.2. The van der Waals surface area contributed by atoms with Gasteiger partial charge in [-0.3, -0.25) is 9.59 Å². The Hall–Kier alpha value is -2.93. The molecule has 0 saturated heterocycles. The molecule has 2 N–H and O–H groups in total. The smallest absolute Gasteiger partial charge is 0.262 e. The lowest BCUT2D eigenvalue weighted by Crippen LogP contribution is -2.20. The van der Waals surface area contributed by atoms with E-state index in [9.17, 15) is 9.59 Å². The molecule has 1 heterocycles. The second-order valence-electron chi connectivity index (χ2n) is 6.66. The molecule has 28 heavy (non-hydrogen) atoms. The van der Waals surface area contributed by atoms with Crippen molar-refractivity contribution in [3.63, 3.8) is 0 Å². The van der Waals surface area contributed by atoms with E-state index in [2.05, 4.69) is 29.5 Å². The van der Waals surface area contributed by atoms with E-state index in [1.165, 1.54) is 16.9 Å². The zero-order valence-corrected chi connectivity index (χ0v) is 16.9. The van der Waals surface area contributed by atoms with Gasteiger partial charge >= 0.3 is 0 Å². The molecular formula is C21H23N3O3S. The van der Waals surface area contributed by atoms with Crippen LogP contribution in [0.1, 0.15) is 38.7 Å². The number of aromatic nitrogens is 1. The lowest BCUT2D eigenvalue weighted by molar-refractivity contribution is -0.118. The highest BCUT2D eigenvalue weighted by Crippen LogP contribution is 2.28. The minimum absolute atomic E-state index is 0.0699. The summed E-state index contributed by atoms with van der Waals surface area (Å²) in [7, 11) is 0.